The molecule has 0 bridgehead atoms. The molecule has 0 saturated heterocycles. The van der Waals surface area contributed by atoms with Gasteiger partial charge in [0.2, 0.25) is 0 Å². The number of halogens is 2. The van der Waals surface area contributed by atoms with Crippen LogP contribution in [0.2, 0.25) is 10.0 Å². The second-order valence-corrected chi connectivity index (χ2v) is 6.64. The number of rotatable bonds is 3. The fourth-order valence-electron chi connectivity index (χ4n) is 2.25. The first-order valence-corrected chi connectivity index (χ1v) is 7.63. The molecule has 3 aromatic rings. The van der Waals surface area contributed by atoms with E-state index < -0.39 is 5.97 Å². The molecule has 0 radical (unpaired) electrons. The van der Waals surface area contributed by atoms with Gasteiger partial charge in [0.05, 0.1) is 26.0 Å². The minimum absolute atomic E-state index is 0.0722. The number of carboxylic acids is 1. The number of carbonyl (C=O) groups is 1. The van der Waals surface area contributed by atoms with Crippen LogP contribution < -0.4 is 0 Å². The van der Waals surface area contributed by atoms with E-state index in [0.29, 0.717) is 27.2 Å². The third kappa shape index (κ3) is 2.28. The molecular weight excluding hydrogens is 333 g/mol. The molecule has 0 spiro atoms. The first kappa shape index (κ1) is 14.6. The van der Waals surface area contributed by atoms with Gasteiger partial charge in [-0.25, -0.2) is 9.78 Å². The van der Waals surface area contributed by atoms with Crippen LogP contribution in [-0.2, 0) is 6.54 Å². The number of aromatic carboxylic acids is 1. The summed E-state index contributed by atoms with van der Waals surface area (Å²) in [7, 11) is 3.76. The maximum Gasteiger partial charge on any atom is 0.356 e. The molecule has 0 fully saturated rings. The maximum atomic E-state index is 11.4. The van der Waals surface area contributed by atoms with Crippen molar-refractivity contribution in [2.24, 2.45) is 0 Å². The predicted molar refractivity (Wildman–Crippen MR) is 84.9 cm³/mol. The van der Waals surface area contributed by atoms with Gasteiger partial charge in [0.25, 0.3) is 0 Å². The Labute approximate surface area is 134 Å². The van der Waals surface area contributed by atoms with Gasteiger partial charge in [0, 0.05) is 6.54 Å². The SMILES string of the molecule is CN(C)Cc1c(C(=O)O)nc2sc3c(Cl)c(Cl)ccc3n12. The Bertz CT molecular complexity index is 869. The Morgan fingerprint density at radius 2 is 2.14 bits per heavy atom. The molecule has 0 unspecified atom stereocenters. The molecule has 21 heavy (non-hydrogen) atoms. The number of carboxylic acid groups (broad SMARTS) is 1. The van der Waals surface area contributed by atoms with E-state index in [1.54, 1.807) is 6.07 Å². The van der Waals surface area contributed by atoms with E-state index in [2.05, 4.69) is 4.98 Å². The van der Waals surface area contributed by atoms with E-state index in [1.807, 2.05) is 29.5 Å². The van der Waals surface area contributed by atoms with Crippen LogP contribution in [0.3, 0.4) is 0 Å². The van der Waals surface area contributed by atoms with Crippen LogP contribution in [-0.4, -0.2) is 39.5 Å². The van der Waals surface area contributed by atoms with Gasteiger partial charge in [-0.15, -0.1) is 0 Å². The first-order chi connectivity index (χ1) is 9.90. The number of fused-ring (bicyclic) bond motifs is 3. The normalized spacial score (nSPS) is 11.9. The van der Waals surface area contributed by atoms with Gasteiger partial charge in [-0.05, 0) is 26.2 Å². The van der Waals surface area contributed by atoms with Gasteiger partial charge in [0.1, 0.15) is 0 Å². The van der Waals surface area contributed by atoms with Crippen molar-refractivity contribution >= 4 is 55.7 Å². The topological polar surface area (TPSA) is 57.8 Å². The molecule has 0 amide bonds. The van der Waals surface area contributed by atoms with Crippen molar-refractivity contribution in [2.75, 3.05) is 14.1 Å². The van der Waals surface area contributed by atoms with Gasteiger partial charge < -0.3 is 10.0 Å². The van der Waals surface area contributed by atoms with E-state index in [0.717, 1.165) is 10.2 Å². The lowest BCUT2D eigenvalue weighted by Crippen LogP contribution is -2.15. The number of hydrogen-bond donors (Lipinski definition) is 1. The van der Waals surface area contributed by atoms with Gasteiger partial charge >= 0.3 is 5.97 Å². The van der Waals surface area contributed by atoms with Gasteiger partial charge in [-0.2, -0.15) is 0 Å². The molecule has 0 aliphatic carbocycles. The molecule has 0 saturated carbocycles. The minimum atomic E-state index is -1.03. The Hall–Kier alpha value is -1.34. The third-order valence-corrected chi connectivity index (χ3v) is 5.06. The molecule has 0 atom stereocenters. The monoisotopic (exact) mass is 343 g/mol. The zero-order chi connectivity index (χ0) is 15.3. The molecule has 2 heterocycles. The zero-order valence-electron chi connectivity index (χ0n) is 11.2. The highest BCUT2D eigenvalue weighted by atomic mass is 35.5. The maximum absolute atomic E-state index is 11.4. The summed E-state index contributed by atoms with van der Waals surface area (Å²) in [4.78, 5) is 18.1. The summed E-state index contributed by atoms with van der Waals surface area (Å²) in [6, 6.07) is 3.54. The summed E-state index contributed by atoms with van der Waals surface area (Å²) < 4.78 is 2.65. The average molecular weight is 344 g/mol. The second kappa shape index (κ2) is 5.14. The average Bonchev–Trinajstić information content (AvgIpc) is 2.91. The zero-order valence-corrected chi connectivity index (χ0v) is 13.6. The fourth-order valence-corrected chi connectivity index (χ4v) is 3.82. The highest BCUT2D eigenvalue weighted by molar-refractivity contribution is 7.24. The van der Waals surface area contributed by atoms with Crippen molar-refractivity contribution in [1.82, 2.24) is 14.3 Å². The molecule has 3 rings (SSSR count). The molecule has 1 aromatic carbocycles. The predicted octanol–water partition coefficient (Wildman–Crippen LogP) is 3.62. The standard InChI is InChI=1S/C13H11Cl2N3O2S/c1-17(2)5-8-10(12(19)20)16-13-18(8)7-4-3-6(14)9(15)11(7)21-13/h3-4H,5H2,1-2H3,(H,19,20). The van der Waals surface area contributed by atoms with Crippen LogP contribution in [0.1, 0.15) is 16.2 Å². The Morgan fingerprint density at radius 3 is 2.76 bits per heavy atom. The van der Waals surface area contributed by atoms with E-state index in [4.69, 9.17) is 23.2 Å². The van der Waals surface area contributed by atoms with Crippen LogP contribution in [0.5, 0.6) is 0 Å². The largest absolute Gasteiger partial charge is 0.476 e. The van der Waals surface area contributed by atoms with Crippen molar-refractivity contribution < 1.29 is 9.90 Å². The summed E-state index contributed by atoms with van der Waals surface area (Å²) in [6.45, 7) is 0.467. The van der Waals surface area contributed by atoms with Crippen LogP contribution in [0, 0.1) is 0 Å². The molecule has 8 heteroatoms. The lowest BCUT2D eigenvalue weighted by Gasteiger charge is -2.10. The Kier molecular flexibility index (Phi) is 3.57. The second-order valence-electron chi connectivity index (χ2n) is 4.88. The molecule has 110 valence electrons. The summed E-state index contributed by atoms with van der Waals surface area (Å²) in [6.07, 6.45) is 0. The molecule has 0 aliphatic heterocycles. The Morgan fingerprint density at radius 1 is 1.43 bits per heavy atom. The summed E-state index contributed by atoms with van der Waals surface area (Å²) >= 11 is 13.6. The number of hydrogen-bond acceptors (Lipinski definition) is 4. The minimum Gasteiger partial charge on any atom is -0.476 e. The lowest BCUT2D eigenvalue weighted by molar-refractivity contribution is 0.0689. The van der Waals surface area contributed by atoms with Crippen LogP contribution in [0.4, 0.5) is 0 Å². The van der Waals surface area contributed by atoms with E-state index in [-0.39, 0.29) is 5.69 Å². The molecule has 0 aliphatic rings. The van der Waals surface area contributed by atoms with E-state index >= 15 is 0 Å². The highest BCUT2D eigenvalue weighted by Gasteiger charge is 2.23. The quantitative estimate of drug-likeness (QED) is 0.789. The first-order valence-electron chi connectivity index (χ1n) is 6.06. The highest BCUT2D eigenvalue weighted by Crippen LogP contribution is 2.37. The van der Waals surface area contributed by atoms with Crippen molar-refractivity contribution in [3.63, 3.8) is 0 Å². The van der Waals surface area contributed by atoms with Crippen molar-refractivity contribution in [3.8, 4) is 0 Å². The van der Waals surface area contributed by atoms with E-state index in [9.17, 15) is 9.90 Å². The molecule has 1 N–H and O–H groups in total. The smallest absolute Gasteiger partial charge is 0.356 e. The molecular formula is C13H11Cl2N3O2S. The lowest BCUT2D eigenvalue weighted by atomic mass is 10.3. The molecule has 2 aromatic heterocycles. The number of benzene rings is 1. The number of aromatic nitrogens is 2. The van der Waals surface area contributed by atoms with Crippen molar-refractivity contribution in [3.05, 3.63) is 33.6 Å². The van der Waals surface area contributed by atoms with Gasteiger partial charge in [-0.1, -0.05) is 34.5 Å². The number of thiazole rings is 1. The van der Waals surface area contributed by atoms with Crippen molar-refractivity contribution in [1.29, 1.82) is 0 Å². The Balaban J connectivity index is 2.40. The van der Waals surface area contributed by atoms with Gasteiger partial charge in [-0.3, -0.25) is 4.40 Å². The van der Waals surface area contributed by atoms with Crippen LogP contribution in [0.15, 0.2) is 12.1 Å². The van der Waals surface area contributed by atoms with Crippen LogP contribution >= 0.6 is 34.5 Å². The molecule has 5 nitrogen and oxygen atoms in total. The number of imidazole rings is 1. The summed E-state index contributed by atoms with van der Waals surface area (Å²) in [5, 5.41) is 10.3. The number of nitrogens with zero attached hydrogens (tertiary/aromatic N) is 3. The fraction of sp³-hybridized carbons (Fsp3) is 0.231. The van der Waals surface area contributed by atoms with Crippen LogP contribution in [0.25, 0.3) is 15.2 Å². The summed E-state index contributed by atoms with van der Waals surface area (Å²) in [5.74, 6) is -1.03. The van der Waals surface area contributed by atoms with E-state index in [1.165, 1.54) is 11.3 Å². The third-order valence-electron chi connectivity index (χ3n) is 3.07. The van der Waals surface area contributed by atoms with Gasteiger partial charge in [0.15, 0.2) is 10.7 Å². The summed E-state index contributed by atoms with van der Waals surface area (Å²) in [5.41, 5.74) is 1.52. The van der Waals surface area contributed by atoms with Crippen molar-refractivity contribution in [2.45, 2.75) is 6.54 Å².